The maximum Gasteiger partial charge on any atom is 0.227 e. The Morgan fingerprint density at radius 3 is 1.65 bits per heavy atom. The molecule has 2 aliphatic rings. The van der Waals surface area contributed by atoms with Crippen LogP contribution in [0.3, 0.4) is 0 Å². The summed E-state index contributed by atoms with van der Waals surface area (Å²) in [7, 11) is 0. The summed E-state index contributed by atoms with van der Waals surface area (Å²) >= 11 is 6.50. The van der Waals surface area contributed by atoms with Gasteiger partial charge in [0.25, 0.3) is 0 Å². The number of halogens is 1. The molecular weight excluding hydrogens is 412 g/mol. The molecule has 2 fully saturated rings. The Labute approximate surface area is 187 Å². The Morgan fingerprint density at radius 1 is 0.613 bits per heavy atom. The highest BCUT2D eigenvalue weighted by Crippen LogP contribution is 2.27. The van der Waals surface area contributed by atoms with Crippen molar-refractivity contribution >= 4 is 35.0 Å². The van der Waals surface area contributed by atoms with Crippen LogP contribution >= 0.6 is 11.6 Å². The molecule has 5 rings (SSSR count). The first-order valence-corrected chi connectivity index (χ1v) is 11.0. The highest BCUT2D eigenvalue weighted by Gasteiger charge is 2.24. The molecule has 0 spiro atoms. The fourth-order valence-electron chi connectivity index (χ4n) is 4.09. The van der Waals surface area contributed by atoms with Crippen LogP contribution in [0.5, 0.6) is 0 Å². The number of aromatic nitrogens is 4. The SMILES string of the molecule is Clc1cnc(N2CCN(c3ccccn3)CC2)nc1N1CCN(c2ccccn2)CC1. The van der Waals surface area contributed by atoms with Gasteiger partial charge in [-0.1, -0.05) is 23.7 Å². The van der Waals surface area contributed by atoms with E-state index in [1.807, 2.05) is 36.7 Å². The fourth-order valence-corrected chi connectivity index (χ4v) is 4.30. The summed E-state index contributed by atoms with van der Waals surface area (Å²) in [5.74, 6) is 3.60. The zero-order chi connectivity index (χ0) is 21.0. The molecule has 2 aliphatic heterocycles. The lowest BCUT2D eigenvalue weighted by Gasteiger charge is -2.37. The van der Waals surface area contributed by atoms with Crippen molar-refractivity contribution in [2.45, 2.75) is 0 Å². The Hall–Kier alpha value is -3.13. The summed E-state index contributed by atoms with van der Waals surface area (Å²) < 4.78 is 0. The highest BCUT2D eigenvalue weighted by atomic mass is 35.5. The second kappa shape index (κ2) is 8.93. The molecule has 0 aliphatic carbocycles. The standard InChI is InChI=1S/C22H25ClN8/c23-18-17-26-22(31-15-11-29(12-16-31)20-6-2-4-8-25-20)27-21(18)30-13-9-28(10-14-30)19-5-1-3-7-24-19/h1-8,17H,9-16H2. The molecule has 0 aromatic carbocycles. The van der Waals surface area contributed by atoms with Crippen molar-refractivity contribution < 1.29 is 0 Å². The first-order valence-electron chi connectivity index (χ1n) is 10.6. The summed E-state index contributed by atoms with van der Waals surface area (Å²) in [5, 5.41) is 0.599. The lowest BCUT2D eigenvalue weighted by Crippen LogP contribution is -2.48. The van der Waals surface area contributed by atoms with Crippen molar-refractivity contribution in [1.29, 1.82) is 0 Å². The van der Waals surface area contributed by atoms with E-state index in [-0.39, 0.29) is 0 Å². The second-order valence-corrected chi connectivity index (χ2v) is 8.07. The molecule has 0 N–H and O–H groups in total. The molecule has 3 aromatic rings. The van der Waals surface area contributed by atoms with E-state index in [4.69, 9.17) is 16.6 Å². The Kier molecular flexibility index (Phi) is 5.71. The molecule has 0 atom stereocenters. The van der Waals surface area contributed by atoms with Gasteiger partial charge in [-0.05, 0) is 24.3 Å². The van der Waals surface area contributed by atoms with Crippen molar-refractivity contribution in [2.24, 2.45) is 0 Å². The number of nitrogens with zero attached hydrogens (tertiary/aromatic N) is 8. The highest BCUT2D eigenvalue weighted by molar-refractivity contribution is 6.32. The second-order valence-electron chi connectivity index (χ2n) is 7.67. The van der Waals surface area contributed by atoms with Crippen molar-refractivity contribution in [3.63, 3.8) is 0 Å². The van der Waals surface area contributed by atoms with Crippen LogP contribution in [0.4, 0.5) is 23.4 Å². The summed E-state index contributed by atoms with van der Waals surface area (Å²) in [6.07, 6.45) is 5.41. The van der Waals surface area contributed by atoms with Gasteiger partial charge in [-0.2, -0.15) is 4.98 Å². The molecule has 160 valence electrons. The smallest absolute Gasteiger partial charge is 0.227 e. The van der Waals surface area contributed by atoms with Gasteiger partial charge in [0.15, 0.2) is 5.82 Å². The zero-order valence-electron chi connectivity index (χ0n) is 17.3. The van der Waals surface area contributed by atoms with Gasteiger partial charge in [0, 0.05) is 64.8 Å². The van der Waals surface area contributed by atoms with Gasteiger partial charge < -0.3 is 19.6 Å². The summed E-state index contributed by atoms with van der Waals surface area (Å²) in [6, 6.07) is 12.0. The quantitative estimate of drug-likeness (QED) is 0.618. The van der Waals surface area contributed by atoms with E-state index < -0.39 is 0 Å². The minimum atomic E-state index is 0.599. The van der Waals surface area contributed by atoms with Gasteiger partial charge in [-0.3, -0.25) is 0 Å². The molecule has 3 aromatic heterocycles. The van der Waals surface area contributed by atoms with E-state index in [1.54, 1.807) is 6.20 Å². The van der Waals surface area contributed by atoms with Gasteiger partial charge in [-0.25, -0.2) is 15.0 Å². The van der Waals surface area contributed by atoms with Gasteiger partial charge in [0.1, 0.15) is 16.7 Å². The minimum absolute atomic E-state index is 0.599. The Morgan fingerprint density at radius 2 is 1.13 bits per heavy atom. The number of anilines is 4. The van der Waals surface area contributed by atoms with Crippen LogP contribution in [0, 0.1) is 0 Å². The summed E-state index contributed by atoms with van der Waals surface area (Å²) in [5.41, 5.74) is 0. The molecule has 0 amide bonds. The molecule has 31 heavy (non-hydrogen) atoms. The van der Waals surface area contributed by atoms with Crippen LogP contribution in [0.25, 0.3) is 0 Å². The summed E-state index contributed by atoms with van der Waals surface area (Å²) in [6.45, 7) is 6.95. The van der Waals surface area contributed by atoms with E-state index in [0.29, 0.717) is 5.02 Å². The van der Waals surface area contributed by atoms with Crippen LogP contribution < -0.4 is 19.6 Å². The minimum Gasteiger partial charge on any atom is -0.353 e. The number of piperazine rings is 2. The third kappa shape index (κ3) is 4.34. The third-order valence-electron chi connectivity index (χ3n) is 5.80. The summed E-state index contributed by atoms with van der Waals surface area (Å²) in [4.78, 5) is 27.4. The average molecular weight is 437 g/mol. The zero-order valence-corrected chi connectivity index (χ0v) is 18.1. The first-order chi connectivity index (χ1) is 15.3. The monoisotopic (exact) mass is 436 g/mol. The molecular formula is C22H25ClN8. The average Bonchev–Trinajstić information content (AvgIpc) is 2.86. The van der Waals surface area contributed by atoms with Crippen molar-refractivity contribution in [1.82, 2.24) is 19.9 Å². The topological polar surface area (TPSA) is 64.5 Å². The van der Waals surface area contributed by atoms with Gasteiger partial charge >= 0.3 is 0 Å². The molecule has 0 radical (unpaired) electrons. The van der Waals surface area contributed by atoms with Crippen molar-refractivity contribution in [3.05, 3.63) is 60.0 Å². The molecule has 8 nitrogen and oxygen atoms in total. The fraction of sp³-hybridized carbons (Fsp3) is 0.364. The number of pyridine rings is 2. The lowest BCUT2D eigenvalue weighted by atomic mass is 10.3. The predicted octanol–water partition coefficient (Wildman–Crippen LogP) is 2.57. The predicted molar refractivity (Wildman–Crippen MR) is 124 cm³/mol. The number of rotatable bonds is 4. The molecule has 2 saturated heterocycles. The molecule has 0 bridgehead atoms. The largest absolute Gasteiger partial charge is 0.353 e. The normalized spacial score (nSPS) is 17.2. The maximum absolute atomic E-state index is 6.50. The molecule has 5 heterocycles. The van der Waals surface area contributed by atoms with Crippen molar-refractivity contribution in [2.75, 3.05) is 72.0 Å². The van der Waals surface area contributed by atoms with Crippen LogP contribution in [0.15, 0.2) is 55.0 Å². The van der Waals surface area contributed by atoms with E-state index >= 15 is 0 Å². The number of hydrogen-bond donors (Lipinski definition) is 0. The Bertz CT molecular complexity index is 987. The van der Waals surface area contributed by atoms with E-state index in [9.17, 15) is 0 Å². The first kappa shape index (κ1) is 19.8. The van der Waals surface area contributed by atoms with Gasteiger partial charge in [0.2, 0.25) is 5.95 Å². The third-order valence-corrected chi connectivity index (χ3v) is 6.07. The van der Waals surface area contributed by atoms with Crippen LogP contribution in [-0.2, 0) is 0 Å². The van der Waals surface area contributed by atoms with Crippen LogP contribution in [0.1, 0.15) is 0 Å². The van der Waals surface area contributed by atoms with Crippen LogP contribution in [0.2, 0.25) is 5.02 Å². The van der Waals surface area contributed by atoms with Gasteiger partial charge in [0.05, 0.1) is 6.20 Å². The maximum atomic E-state index is 6.50. The Balaban J connectivity index is 1.24. The molecule has 9 heteroatoms. The van der Waals surface area contributed by atoms with E-state index in [1.165, 1.54) is 0 Å². The molecule has 0 unspecified atom stereocenters. The molecule has 0 saturated carbocycles. The van der Waals surface area contributed by atoms with E-state index in [0.717, 1.165) is 75.8 Å². The van der Waals surface area contributed by atoms with Gasteiger partial charge in [-0.15, -0.1) is 0 Å². The lowest BCUT2D eigenvalue weighted by molar-refractivity contribution is 0.625. The van der Waals surface area contributed by atoms with E-state index in [2.05, 4.69) is 46.7 Å². The van der Waals surface area contributed by atoms with Crippen LogP contribution in [-0.4, -0.2) is 72.3 Å². The number of hydrogen-bond acceptors (Lipinski definition) is 8. The van der Waals surface area contributed by atoms with Crippen molar-refractivity contribution in [3.8, 4) is 0 Å².